The summed E-state index contributed by atoms with van der Waals surface area (Å²) < 4.78 is 0. The number of carbonyl (C=O) groups excluding carboxylic acids is 2. The standard InChI is InChI=1S/C20H28N2O2/c1-2-13-21-19(23)16-9-11-17(12-10-16)20(24)22-14-5-7-15-6-3-4-8-18(15)22/h3-4,6,8,16-17H,2,5,7,9-14H2,1H3,(H,21,23). The Labute approximate surface area is 144 Å². The normalized spacial score (nSPS) is 23.5. The zero-order chi connectivity index (χ0) is 16.9. The number of hydrogen-bond acceptors (Lipinski definition) is 2. The van der Waals surface area contributed by atoms with E-state index in [9.17, 15) is 9.59 Å². The van der Waals surface area contributed by atoms with E-state index in [0.717, 1.165) is 63.7 Å². The van der Waals surface area contributed by atoms with Crippen LogP contribution < -0.4 is 10.2 Å². The number of amides is 2. The van der Waals surface area contributed by atoms with Crippen molar-refractivity contribution in [2.45, 2.75) is 51.9 Å². The molecule has 1 aliphatic heterocycles. The smallest absolute Gasteiger partial charge is 0.230 e. The van der Waals surface area contributed by atoms with Crippen molar-refractivity contribution >= 4 is 17.5 Å². The van der Waals surface area contributed by atoms with E-state index in [1.165, 1.54) is 5.56 Å². The summed E-state index contributed by atoms with van der Waals surface area (Å²) >= 11 is 0. The molecule has 0 saturated heterocycles. The van der Waals surface area contributed by atoms with Gasteiger partial charge in [0.05, 0.1) is 0 Å². The zero-order valence-electron chi connectivity index (χ0n) is 14.6. The summed E-state index contributed by atoms with van der Waals surface area (Å²) in [5.41, 5.74) is 2.38. The second-order valence-corrected chi connectivity index (χ2v) is 7.06. The van der Waals surface area contributed by atoms with E-state index >= 15 is 0 Å². The average molecular weight is 328 g/mol. The number of nitrogens with one attached hydrogen (secondary N) is 1. The Bertz CT molecular complexity index is 591. The first-order valence-corrected chi connectivity index (χ1v) is 9.37. The van der Waals surface area contributed by atoms with Crippen LogP contribution in [0.1, 0.15) is 51.0 Å². The molecular formula is C20H28N2O2. The van der Waals surface area contributed by atoms with Crippen LogP contribution in [0.15, 0.2) is 24.3 Å². The summed E-state index contributed by atoms with van der Waals surface area (Å²) in [5.74, 6) is 0.598. The van der Waals surface area contributed by atoms with Gasteiger partial charge in [-0.05, 0) is 56.6 Å². The highest BCUT2D eigenvalue weighted by atomic mass is 16.2. The Morgan fingerprint density at radius 3 is 2.58 bits per heavy atom. The molecule has 0 bridgehead atoms. The predicted octanol–water partition coefficient (Wildman–Crippen LogP) is 3.30. The van der Waals surface area contributed by atoms with Crippen molar-refractivity contribution in [3.8, 4) is 0 Å². The lowest BCUT2D eigenvalue weighted by molar-refractivity contribution is -0.129. The van der Waals surface area contributed by atoms with Crippen molar-refractivity contribution in [2.24, 2.45) is 11.8 Å². The number of hydrogen-bond donors (Lipinski definition) is 1. The maximum atomic E-state index is 13.0. The van der Waals surface area contributed by atoms with Gasteiger partial charge in [-0.25, -0.2) is 0 Å². The van der Waals surface area contributed by atoms with Crippen molar-refractivity contribution in [1.29, 1.82) is 0 Å². The first-order valence-electron chi connectivity index (χ1n) is 9.37. The van der Waals surface area contributed by atoms with Crippen molar-refractivity contribution < 1.29 is 9.59 Å². The van der Waals surface area contributed by atoms with E-state index < -0.39 is 0 Å². The van der Waals surface area contributed by atoms with Gasteiger partial charge in [0.2, 0.25) is 11.8 Å². The maximum Gasteiger partial charge on any atom is 0.230 e. The molecule has 1 N–H and O–H groups in total. The second kappa shape index (κ2) is 7.82. The summed E-state index contributed by atoms with van der Waals surface area (Å²) in [7, 11) is 0. The molecule has 130 valence electrons. The monoisotopic (exact) mass is 328 g/mol. The van der Waals surface area contributed by atoms with Crippen molar-refractivity contribution in [1.82, 2.24) is 5.32 Å². The minimum atomic E-state index is 0.0754. The molecule has 4 heteroatoms. The van der Waals surface area contributed by atoms with Crippen LogP contribution in [-0.2, 0) is 16.0 Å². The van der Waals surface area contributed by atoms with Gasteiger partial charge in [-0.1, -0.05) is 25.1 Å². The van der Waals surface area contributed by atoms with Crippen LogP contribution in [0.3, 0.4) is 0 Å². The van der Waals surface area contributed by atoms with Gasteiger partial charge in [0.15, 0.2) is 0 Å². The number of nitrogens with zero attached hydrogens (tertiary/aromatic N) is 1. The Balaban J connectivity index is 1.59. The van der Waals surface area contributed by atoms with Gasteiger partial charge >= 0.3 is 0 Å². The van der Waals surface area contributed by atoms with Crippen LogP contribution >= 0.6 is 0 Å². The molecule has 24 heavy (non-hydrogen) atoms. The van der Waals surface area contributed by atoms with Crippen LogP contribution in [0.25, 0.3) is 0 Å². The Morgan fingerprint density at radius 2 is 1.83 bits per heavy atom. The third-order valence-corrected chi connectivity index (χ3v) is 5.37. The lowest BCUT2D eigenvalue weighted by Crippen LogP contribution is -2.42. The molecule has 1 fully saturated rings. The molecule has 0 spiro atoms. The van der Waals surface area contributed by atoms with E-state index in [-0.39, 0.29) is 23.7 Å². The third-order valence-electron chi connectivity index (χ3n) is 5.37. The summed E-state index contributed by atoms with van der Waals surface area (Å²) in [6, 6.07) is 8.26. The SMILES string of the molecule is CCCNC(=O)C1CCC(C(=O)N2CCCc3ccccc32)CC1. The molecule has 1 aromatic rings. The van der Waals surface area contributed by atoms with E-state index in [0.29, 0.717) is 0 Å². The van der Waals surface area contributed by atoms with Gasteiger partial charge < -0.3 is 10.2 Å². The highest BCUT2D eigenvalue weighted by Gasteiger charge is 2.33. The van der Waals surface area contributed by atoms with Crippen molar-refractivity contribution in [2.75, 3.05) is 18.0 Å². The van der Waals surface area contributed by atoms with Gasteiger partial charge in [-0.3, -0.25) is 9.59 Å². The van der Waals surface area contributed by atoms with E-state index in [2.05, 4.69) is 24.4 Å². The summed E-state index contributed by atoms with van der Waals surface area (Å²) in [6.45, 7) is 3.64. The molecule has 1 heterocycles. The van der Waals surface area contributed by atoms with Crippen LogP contribution in [0.5, 0.6) is 0 Å². The summed E-state index contributed by atoms with van der Waals surface area (Å²) in [6.07, 6.45) is 6.40. The largest absolute Gasteiger partial charge is 0.356 e. The van der Waals surface area contributed by atoms with Gasteiger partial charge in [0, 0.05) is 30.6 Å². The van der Waals surface area contributed by atoms with Crippen LogP contribution in [0, 0.1) is 11.8 Å². The Morgan fingerprint density at radius 1 is 1.12 bits per heavy atom. The number of fused-ring (bicyclic) bond motifs is 1. The molecule has 0 atom stereocenters. The molecule has 2 amide bonds. The molecule has 1 aliphatic carbocycles. The lowest BCUT2D eigenvalue weighted by Gasteiger charge is -2.34. The first-order chi connectivity index (χ1) is 11.7. The number of aryl methyl sites for hydroxylation is 1. The summed E-state index contributed by atoms with van der Waals surface area (Å²) in [4.78, 5) is 27.1. The number of carbonyl (C=O) groups is 2. The molecule has 3 rings (SSSR count). The number of anilines is 1. The fraction of sp³-hybridized carbons (Fsp3) is 0.600. The van der Waals surface area contributed by atoms with Gasteiger partial charge in [0.25, 0.3) is 0 Å². The molecule has 4 nitrogen and oxygen atoms in total. The van der Waals surface area contributed by atoms with E-state index in [1.54, 1.807) is 0 Å². The van der Waals surface area contributed by atoms with Crippen molar-refractivity contribution in [3.63, 3.8) is 0 Å². The maximum absolute atomic E-state index is 13.0. The minimum Gasteiger partial charge on any atom is -0.356 e. The number of para-hydroxylation sites is 1. The topological polar surface area (TPSA) is 49.4 Å². The Kier molecular flexibility index (Phi) is 5.54. The van der Waals surface area contributed by atoms with Gasteiger partial charge in [-0.15, -0.1) is 0 Å². The lowest BCUT2D eigenvalue weighted by atomic mass is 9.80. The summed E-state index contributed by atoms with van der Waals surface area (Å²) in [5, 5.41) is 2.99. The Hall–Kier alpha value is -1.84. The number of benzene rings is 1. The van der Waals surface area contributed by atoms with Gasteiger partial charge in [0.1, 0.15) is 0 Å². The molecule has 2 aliphatic rings. The average Bonchev–Trinajstić information content (AvgIpc) is 2.65. The van der Waals surface area contributed by atoms with E-state index in [4.69, 9.17) is 0 Å². The molecule has 0 radical (unpaired) electrons. The molecule has 1 saturated carbocycles. The minimum absolute atomic E-state index is 0.0754. The fourth-order valence-electron chi connectivity index (χ4n) is 3.98. The first kappa shape index (κ1) is 17.0. The van der Waals surface area contributed by atoms with Gasteiger partial charge in [-0.2, -0.15) is 0 Å². The number of rotatable bonds is 4. The zero-order valence-corrected chi connectivity index (χ0v) is 14.6. The molecule has 0 unspecified atom stereocenters. The second-order valence-electron chi connectivity index (χ2n) is 7.06. The van der Waals surface area contributed by atoms with Crippen LogP contribution in [-0.4, -0.2) is 24.9 Å². The predicted molar refractivity (Wildman–Crippen MR) is 95.9 cm³/mol. The van der Waals surface area contributed by atoms with Crippen LogP contribution in [0.4, 0.5) is 5.69 Å². The molecule has 0 aromatic heterocycles. The highest BCUT2D eigenvalue weighted by Crippen LogP contribution is 2.34. The van der Waals surface area contributed by atoms with E-state index in [1.807, 2.05) is 17.0 Å². The highest BCUT2D eigenvalue weighted by molar-refractivity contribution is 5.96. The van der Waals surface area contributed by atoms with Crippen LogP contribution in [0.2, 0.25) is 0 Å². The third kappa shape index (κ3) is 3.63. The fourth-order valence-corrected chi connectivity index (χ4v) is 3.98. The molecule has 1 aromatic carbocycles. The van der Waals surface area contributed by atoms with Crippen molar-refractivity contribution in [3.05, 3.63) is 29.8 Å². The molecular weight excluding hydrogens is 300 g/mol. The quantitative estimate of drug-likeness (QED) is 0.922.